The van der Waals surface area contributed by atoms with Crippen LogP contribution < -0.4 is 15.4 Å². The second-order valence-corrected chi connectivity index (χ2v) is 9.35. The molecule has 2 N–H and O–H groups in total. The van der Waals surface area contributed by atoms with Gasteiger partial charge in [-0.05, 0) is 44.2 Å². The van der Waals surface area contributed by atoms with Gasteiger partial charge in [-0.15, -0.1) is 0 Å². The van der Waals surface area contributed by atoms with Crippen LogP contribution in [0.4, 0.5) is 23.3 Å². The molecule has 0 aliphatic heterocycles. The normalized spacial score (nSPS) is 11.2. The third-order valence-corrected chi connectivity index (χ3v) is 6.71. The minimum atomic E-state index is -3.52. The van der Waals surface area contributed by atoms with E-state index in [1.165, 1.54) is 26.6 Å². The van der Waals surface area contributed by atoms with Gasteiger partial charge in [0.2, 0.25) is 11.9 Å². The van der Waals surface area contributed by atoms with Crippen molar-refractivity contribution in [1.29, 1.82) is 0 Å². The molecule has 0 radical (unpaired) electrons. The van der Waals surface area contributed by atoms with Gasteiger partial charge in [-0.1, -0.05) is 12.1 Å². The summed E-state index contributed by atoms with van der Waals surface area (Å²) in [6.07, 6.45) is 1.27. The van der Waals surface area contributed by atoms with Crippen molar-refractivity contribution in [2.75, 3.05) is 24.9 Å². The third-order valence-electron chi connectivity index (χ3n) is 4.50. The number of nitrogens with zero attached hydrogens (tertiary/aromatic N) is 3. The molecule has 10 nitrogen and oxygen atoms in total. The zero-order chi connectivity index (χ0) is 23.3. The van der Waals surface area contributed by atoms with Gasteiger partial charge in [0.1, 0.15) is 12.1 Å². The van der Waals surface area contributed by atoms with E-state index in [2.05, 4.69) is 25.6 Å². The highest BCUT2D eigenvalue weighted by atomic mass is 32.2. The van der Waals surface area contributed by atoms with Crippen molar-refractivity contribution in [3.05, 3.63) is 54.4 Å². The van der Waals surface area contributed by atoms with E-state index in [1.807, 2.05) is 0 Å². The van der Waals surface area contributed by atoms with E-state index in [4.69, 9.17) is 9.47 Å². The summed E-state index contributed by atoms with van der Waals surface area (Å²) >= 11 is 0. The predicted octanol–water partition coefficient (Wildman–Crippen LogP) is 3.34. The highest BCUT2D eigenvalue weighted by Gasteiger charge is 2.23. The Morgan fingerprint density at radius 1 is 0.969 bits per heavy atom. The molecule has 0 atom stereocenters. The van der Waals surface area contributed by atoms with Crippen LogP contribution in [0.1, 0.15) is 24.2 Å². The number of nitrogens with one attached hydrogen (secondary N) is 2. The predicted molar refractivity (Wildman–Crippen MR) is 119 cm³/mol. The molecule has 0 unspecified atom stereocenters. The van der Waals surface area contributed by atoms with E-state index >= 15 is 0 Å². The molecule has 0 fully saturated rings. The van der Waals surface area contributed by atoms with Crippen LogP contribution in [0, 0.1) is 0 Å². The standard InChI is InChI=1S/C21H23N5O5S/c1-13(2)32(28,29)18-8-6-5-7-15(18)24-20-22-12-23-21(26-20)25-16-11-14(19(27)31-4)9-10-17(16)30-3/h5-13H,1-4H3,(H2,22,23,24,25,26). The molecular weight excluding hydrogens is 434 g/mol. The summed E-state index contributed by atoms with van der Waals surface area (Å²) in [7, 11) is -0.737. The number of hydrogen-bond acceptors (Lipinski definition) is 10. The van der Waals surface area contributed by atoms with Gasteiger partial charge in [-0.3, -0.25) is 0 Å². The largest absolute Gasteiger partial charge is 0.495 e. The van der Waals surface area contributed by atoms with Crippen LogP contribution in [0.15, 0.2) is 53.7 Å². The number of sulfone groups is 1. The van der Waals surface area contributed by atoms with Crippen LogP contribution in [-0.2, 0) is 14.6 Å². The van der Waals surface area contributed by atoms with Gasteiger partial charge in [0.25, 0.3) is 0 Å². The zero-order valence-electron chi connectivity index (χ0n) is 18.0. The lowest BCUT2D eigenvalue weighted by atomic mass is 10.2. The summed E-state index contributed by atoms with van der Waals surface area (Å²) in [4.78, 5) is 24.4. The average Bonchev–Trinajstić information content (AvgIpc) is 2.79. The van der Waals surface area contributed by atoms with Crippen LogP contribution in [-0.4, -0.2) is 48.8 Å². The van der Waals surface area contributed by atoms with E-state index in [1.54, 1.807) is 50.2 Å². The third kappa shape index (κ3) is 4.94. The Labute approximate surface area is 186 Å². The molecule has 2 aromatic carbocycles. The van der Waals surface area contributed by atoms with Gasteiger partial charge in [-0.2, -0.15) is 4.98 Å². The smallest absolute Gasteiger partial charge is 0.337 e. The highest BCUT2D eigenvalue weighted by molar-refractivity contribution is 7.92. The first-order valence-corrected chi connectivity index (χ1v) is 11.1. The molecule has 0 saturated heterocycles. The first-order chi connectivity index (χ1) is 15.3. The number of benzene rings is 2. The molecule has 3 rings (SSSR count). The van der Waals surface area contributed by atoms with Crippen molar-refractivity contribution in [3.8, 4) is 5.75 Å². The average molecular weight is 458 g/mol. The van der Waals surface area contributed by atoms with Crippen LogP contribution in [0.25, 0.3) is 0 Å². The Morgan fingerprint density at radius 3 is 2.25 bits per heavy atom. The molecule has 0 aliphatic rings. The molecule has 1 heterocycles. The number of methoxy groups -OCH3 is 2. The summed E-state index contributed by atoms with van der Waals surface area (Å²) in [5.41, 5.74) is 1.11. The molecule has 0 aliphatic carbocycles. The number of anilines is 4. The molecule has 0 spiro atoms. The molecule has 11 heteroatoms. The number of aromatic nitrogens is 3. The van der Waals surface area contributed by atoms with Crippen LogP contribution in [0.3, 0.4) is 0 Å². The van der Waals surface area contributed by atoms with Crippen molar-refractivity contribution in [2.45, 2.75) is 24.0 Å². The lowest BCUT2D eigenvalue weighted by molar-refractivity contribution is 0.0600. The Bertz CT molecular complexity index is 1230. The van der Waals surface area contributed by atoms with Crippen molar-refractivity contribution in [3.63, 3.8) is 0 Å². The topological polar surface area (TPSA) is 132 Å². The number of rotatable bonds is 8. The Kier molecular flexibility index (Phi) is 6.89. The van der Waals surface area contributed by atoms with Crippen molar-refractivity contribution < 1.29 is 22.7 Å². The molecule has 0 bridgehead atoms. The van der Waals surface area contributed by atoms with Gasteiger partial charge < -0.3 is 20.1 Å². The molecule has 3 aromatic rings. The Balaban J connectivity index is 1.91. The van der Waals surface area contributed by atoms with E-state index in [0.717, 1.165) is 0 Å². The number of esters is 1. The van der Waals surface area contributed by atoms with Crippen molar-refractivity contribution in [1.82, 2.24) is 15.0 Å². The minimum Gasteiger partial charge on any atom is -0.495 e. The SMILES string of the molecule is COC(=O)c1ccc(OC)c(Nc2ncnc(Nc3ccccc3S(=O)(=O)C(C)C)n2)c1. The summed E-state index contributed by atoms with van der Waals surface area (Å²) in [5.74, 6) is 0.252. The molecular formula is C21H23N5O5S. The number of hydrogen-bond donors (Lipinski definition) is 2. The number of ether oxygens (including phenoxy) is 2. The first kappa shape index (κ1) is 22.9. The fourth-order valence-electron chi connectivity index (χ4n) is 2.78. The number of carbonyl (C=O) groups excluding carboxylic acids is 1. The van der Waals surface area contributed by atoms with E-state index in [0.29, 0.717) is 22.7 Å². The van der Waals surface area contributed by atoms with E-state index < -0.39 is 21.1 Å². The molecule has 1 aromatic heterocycles. The van der Waals surface area contributed by atoms with Crippen LogP contribution in [0.2, 0.25) is 0 Å². The zero-order valence-corrected chi connectivity index (χ0v) is 18.8. The van der Waals surface area contributed by atoms with Crippen LogP contribution in [0.5, 0.6) is 5.75 Å². The van der Waals surface area contributed by atoms with E-state index in [9.17, 15) is 13.2 Å². The highest BCUT2D eigenvalue weighted by Crippen LogP contribution is 2.29. The second-order valence-electron chi connectivity index (χ2n) is 6.88. The van der Waals surface area contributed by atoms with Crippen molar-refractivity contribution >= 4 is 39.1 Å². The van der Waals surface area contributed by atoms with Gasteiger partial charge >= 0.3 is 5.97 Å². The van der Waals surface area contributed by atoms with Crippen LogP contribution >= 0.6 is 0 Å². The first-order valence-electron chi connectivity index (χ1n) is 9.58. The van der Waals surface area contributed by atoms with E-state index in [-0.39, 0.29) is 16.8 Å². The maximum atomic E-state index is 12.7. The van der Waals surface area contributed by atoms with Gasteiger partial charge in [0, 0.05) is 0 Å². The fraction of sp³-hybridized carbons (Fsp3) is 0.238. The Hall–Kier alpha value is -3.73. The lowest BCUT2D eigenvalue weighted by Crippen LogP contribution is -2.16. The maximum absolute atomic E-state index is 12.7. The molecule has 0 amide bonds. The van der Waals surface area contributed by atoms with Gasteiger partial charge in [0.05, 0.1) is 41.3 Å². The van der Waals surface area contributed by atoms with Gasteiger partial charge in [0.15, 0.2) is 9.84 Å². The quantitative estimate of drug-likeness (QED) is 0.485. The fourth-order valence-corrected chi connectivity index (χ4v) is 3.98. The minimum absolute atomic E-state index is 0.136. The maximum Gasteiger partial charge on any atom is 0.337 e. The lowest BCUT2D eigenvalue weighted by Gasteiger charge is -2.14. The number of para-hydroxylation sites is 1. The summed E-state index contributed by atoms with van der Waals surface area (Å²) < 4.78 is 35.4. The number of carbonyl (C=O) groups is 1. The second kappa shape index (κ2) is 9.60. The Morgan fingerprint density at radius 2 is 1.62 bits per heavy atom. The summed E-state index contributed by atoms with van der Waals surface area (Å²) in [6, 6.07) is 11.3. The molecule has 32 heavy (non-hydrogen) atoms. The molecule has 168 valence electrons. The van der Waals surface area contributed by atoms with Gasteiger partial charge in [-0.25, -0.2) is 23.2 Å². The molecule has 0 saturated carbocycles. The summed E-state index contributed by atoms with van der Waals surface area (Å²) in [6.45, 7) is 3.24. The van der Waals surface area contributed by atoms with Crippen molar-refractivity contribution in [2.24, 2.45) is 0 Å². The summed E-state index contributed by atoms with van der Waals surface area (Å²) in [5, 5.41) is 5.33. The monoisotopic (exact) mass is 457 g/mol.